The van der Waals surface area contributed by atoms with Gasteiger partial charge in [0.15, 0.2) is 0 Å². The molecule has 2 aliphatic heterocycles. The lowest BCUT2D eigenvalue weighted by Gasteiger charge is -2.31. The fraction of sp³-hybridized carbons (Fsp3) is 0.722. The van der Waals surface area contributed by atoms with Gasteiger partial charge in [-0.25, -0.2) is 0 Å². The number of rotatable bonds is 4. The predicted molar refractivity (Wildman–Crippen MR) is 92.2 cm³/mol. The summed E-state index contributed by atoms with van der Waals surface area (Å²) in [4.78, 5) is 14.4. The molecule has 1 N–H and O–H groups in total. The molecular formula is C18H26N4O3. The van der Waals surface area contributed by atoms with E-state index in [-0.39, 0.29) is 17.4 Å². The fourth-order valence-electron chi connectivity index (χ4n) is 3.70. The number of aryl methyl sites for hydroxylation is 1. The van der Waals surface area contributed by atoms with Gasteiger partial charge < -0.3 is 19.7 Å². The van der Waals surface area contributed by atoms with Crippen LogP contribution in [0.4, 0.5) is 5.82 Å². The summed E-state index contributed by atoms with van der Waals surface area (Å²) in [7, 11) is 0. The molecule has 2 saturated heterocycles. The maximum atomic E-state index is 12.5. The first-order chi connectivity index (χ1) is 12.1. The van der Waals surface area contributed by atoms with Crippen molar-refractivity contribution in [3.05, 3.63) is 17.8 Å². The van der Waals surface area contributed by atoms with E-state index in [4.69, 9.17) is 9.47 Å². The molecule has 1 aromatic heterocycles. The van der Waals surface area contributed by atoms with E-state index in [1.54, 1.807) is 0 Å². The number of aromatic nitrogens is 2. The first kappa shape index (κ1) is 16.7. The summed E-state index contributed by atoms with van der Waals surface area (Å²) in [6.07, 6.45) is 2.97. The molecule has 0 aromatic carbocycles. The molecule has 0 bridgehead atoms. The molecule has 4 rings (SSSR count). The van der Waals surface area contributed by atoms with Crippen molar-refractivity contribution >= 4 is 11.7 Å². The van der Waals surface area contributed by atoms with Gasteiger partial charge in [-0.15, -0.1) is 5.10 Å². The molecule has 3 heterocycles. The van der Waals surface area contributed by atoms with Gasteiger partial charge in [-0.1, -0.05) is 0 Å². The van der Waals surface area contributed by atoms with Crippen molar-refractivity contribution < 1.29 is 14.3 Å². The molecule has 1 spiro atoms. The van der Waals surface area contributed by atoms with Crippen LogP contribution in [-0.4, -0.2) is 66.1 Å². The zero-order valence-electron chi connectivity index (χ0n) is 14.7. The summed E-state index contributed by atoms with van der Waals surface area (Å²) in [5.74, 6) is 1.69. The highest BCUT2D eigenvalue weighted by Crippen LogP contribution is 2.36. The molecule has 136 valence electrons. The van der Waals surface area contributed by atoms with Crippen LogP contribution in [0.2, 0.25) is 0 Å². The second kappa shape index (κ2) is 6.88. The number of nitrogens with one attached hydrogen (secondary N) is 1. The molecule has 0 radical (unpaired) electrons. The summed E-state index contributed by atoms with van der Waals surface area (Å²) < 4.78 is 11.9. The lowest BCUT2D eigenvalue weighted by Crippen LogP contribution is -2.46. The molecule has 1 aromatic rings. The Morgan fingerprint density at radius 3 is 3.04 bits per heavy atom. The number of nitrogens with zero attached hydrogens (tertiary/aromatic N) is 3. The summed E-state index contributed by atoms with van der Waals surface area (Å²) in [6.45, 7) is 5.91. The lowest BCUT2D eigenvalue weighted by molar-refractivity contribution is -0.135. The normalized spacial score (nSPS) is 29.6. The van der Waals surface area contributed by atoms with E-state index >= 15 is 0 Å². The molecular weight excluding hydrogens is 320 g/mol. The highest BCUT2D eigenvalue weighted by molar-refractivity contribution is 5.81. The average molecular weight is 346 g/mol. The van der Waals surface area contributed by atoms with Crippen LogP contribution in [0.15, 0.2) is 12.1 Å². The molecule has 1 saturated carbocycles. The van der Waals surface area contributed by atoms with Gasteiger partial charge in [0.1, 0.15) is 11.4 Å². The first-order valence-corrected chi connectivity index (χ1v) is 9.18. The van der Waals surface area contributed by atoms with Crippen molar-refractivity contribution in [1.29, 1.82) is 0 Å². The summed E-state index contributed by atoms with van der Waals surface area (Å²) >= 11 is 0. The molecule has 1 amide bonds. The molecule has 7 heteroatoms. The monoisotopic (exact) mass is 346 g/mol. The van der Waals surface area contributed by atoms with Gasteiger partial charge in [0, 0.05) is 24.9 Å². The molecule has 3 aliphatic rings. The van der Waals surface area contributed by atoms with Crippen molar-refractivity contribution in [2.45, 2.75) is 31.8 Å². The van der Waals surface area contributed by atoms with Crippen molar-refractivity contribution in [2.24, 2.45) is 11.8 Å². The van der Waals surface area contributed by atoms with Gasteiger partial charge in [-0.05, 0) is 38.3 Å². The van der Waals surface area contributed by atoms with E-state index in [1.807, 2.05) is 24.0 Å². The Kier molecular flexibility index (Phi) is 4.60. The third kappa shape index (κ3) is 3.93. The van der Waals surface area contributed by atoms with E-state index in [9.17, 15) is 4.79 Å². The lowest BCUT2D eigenvalue weighted by atomic mass is 9.94. The Labute approximate surface area is 148 Å². The fourth-order valence-corrected chi connectivity index (χ4v) is 3.70. The van der Waals surface area contributed by atoms with Crippen LogP contribution in [0.5, 0.6) is 0 Å². The highest BCUT2D eigenvalue weighted by Gasteiger charge is 2.45. The van der Waals surface area contributed by atoms with Gasteiger partial charge in [0.25, 0.3) is 0 Å². The van der Waals surface area contributed by atoms with E-state index < -0.39 is 0 Å². The number of carbonyl (C=O) groups excluding carboxylic acids is 1. The van der Waals surface area contributed by atoms with Crippen LogP contribution in [0, 0.1) is 18.8 Å². The number of hydrogen-bond donors (Lipinski definition) is 1. The van der Waals surface area contributed by atoms with Gasteiger partial charge in [0.2, 0.25) is 5.91 Å². The topological polar surface area (TPSA) is 76.6 Å². The van der Waals surface area contributed by atoms with Gasteiger partial charge in [0.05, 0.1) is 32.1 Å². The third-order valence-electron chi connectivity index (χ3n) is 5.24. The van der Waals surface area contributed by atoms with Crippen LogP contribution < -0.4 is 5.32 Å². The van der Waals surface area contributed by atoms with Crippen LogP contribution >= 0.6 is 0 Å². The molecule has 2 atom stereocenters. The minimum Gasteiger partial charge on any atom is -0.377 e. The van der Waals surface area contributed by atoms with Gasteiger partial charge >= 0.3 is 0 Å². The maximum absolute atomic E-state index is 12.5. The maximum Gasteiger partial charge on any atom is 0.225 e. The largest absolute Gasteiger partial charge is 0.377 e. The van der Waals surface area contributed by atoms with E-state index in [2.05, 4.69) is 15.5 Å². The van der Waals surface area contributed by atoms with E-state index in [1.165, 1.54) is 0 Å². The second-order valence-corrected chi connectivity index (χ2v) is 7.59. The number of hydrogen-bond acceptors (Lipinski definition) is 6. The number of amides is 1. The second-order valence-electron chi connectivity index (χ2n) is 7.59. The Bertz CT molecular complexity index is 619. The Morgan fingerprint density at radius 1 is 1.40 bits per heavy atom. The third-order valence-corrected chi connectivity index (χ3v) is 5.24. The van der Waals surface area contributed by atoms with E-state index in [0.29, 0.717) is 38.8 Å². The summed E-state index contributed by atoms with van der Waals surface area (Å²) in [6, 6.07) is 3.89. The Hall–Kier alpha value is -1.73. The highest BCUT2D eigenvalue weighted by atomic mass is 16.5. The van der Waals surface area contributed by atoms with Crippen LogP contribution in [0.25, 0.3) is 0 Å². The zero-order valence-corrected chi connectivity index (χ0v) is 14.7. The quantitative estimate of drug-likeness (QED) is 0.884. The smallest absolute Gasteiger partial charge is 0.225 e. The average Bonchev–Trinajstić information content (AvgIpc) is 3.41. The minimum absolute atomic E-state index is 0.245. The van der Waals surface area contributed by atoms with Crippen molar-refractivity contribution in [3.8, 4) is 0 Å². The van der Waals surface area contributed by atoms with Crippen LogP contribution in [0.1, 0.15) is 25.0 Å². The van der Waals surface area contributed by atoms with Crippen LogP contribution in [-0.2, 0) is 14.3 Å². The van der Waals surface area contributed by atoms with E-state index in [0.717, 1.165) is 37.3 Å². The van der Waals surface area contributed by atoms with Gasteiger partial charge in [-0.2, -0.15) is 5.10 Å². The molecule has 25 heavy (non-hydrogen) atoms. The predicted octanol–water partition coefficient (Wildman–Crippen LogP) is 1.24. The van der Waals surface area contributed by atoms with Crippen LogP contribution in [0.3, 0.4) is 0 Å². The van der Waals surface area contributed by atoms with Crippen molar-refractivity contribution in [3.63, 3.8) is 0 Å². The van der Waals surface area contributed by atoms with Crippen molar-refractivity contribution in [1.82, 2.24) is 15.1 Å². The SMILES string of the molecule is Cc1ccc(NC[C@H]2CO[C@]3(COCCN(C(=O)C4CC4)C3)C2)nn1. The van der Waals surface area contributed by atoms with Gasteiger partial charge in [-0.3, -0.25) is 4.79 Å². The summed E-state index contributed by atoms with van der Waals surface area (Å²) in [5, 5.41) is 11.5. The molecule has 1 aliphatic carbocycles. The Morgan fingerprint density at radius 2 is 2.28 bits per heavy atom. The molecule has 7 nitrogen and oxygen atoms in total. The number of carbonyl (C=O) groups is 1. The standard InChI is InChI=1S/C18H26N4O3/c1-13-2-5-16(21-20-13)19-9-14-8-18(25-10-14)11-22(6-7-24-12-18)17(23)15-3-4-15/h2,5,14-15H,3-4,6-12H2,1H3,(H,19,21)/t14-,18+/m0/s1. The first-order valence-electron chi connectivity index (χ1n) is 9.18. The molecule has 3 fully saturated rings. The minimum atomic E-state index is -0.355. The number of anilines is 1. The summed E-state index contributed by atoms with van der Waals surface area (Å²) in [5.41, 5.74) is 0.552. The number of ether oxygens (including phenoxy) is 2. The Balaban J connectivity index is 1.34. The zero-order chi connectivity index (χ0) is 17.3. The van der Waals surface area contributed by atoms with Crippen molar-refractivity contribution in [2.75, 3.05) is 44.8 Å². The molecule has 0 unspecified atom stereocenters.